The molecule has 0 bridgehead atoms. The van der Waals surface area contributed by atoms with Crippen LogP contribution in [0, 0.1) is 35.5 Å². The lowest BCUT2D eigenvalue weighted by Crippen LogP contribution is -2.49. The van der Waals surface area contributed by atoms with Crippen LogP contribution in [0.5, 0.6) is 0 Å². The number of aromatic nitrogens is 2. The SMILES string of the molecule is Cc1ccc(CC(O)=c2c(N)nc3c(C(=O)OC4C(C(C)(C)C)CC(C)CC4C(C)(C)C)c(-c4ccc(Cl)c(Cl)c4)c(Cl)n3c2=O)cc1. The van der Waals surface area contributed by atoms with Crippen LogP contribution in [0.1, 0.15) is 82.8 Å². The highest BCUT2D eigenvalue weighted by Crippen LogP contribution is 2.50. The molecule has 2 unspecified atom stereocenters. The van der Waals surface area contributed by atoms with Crippen molar-refractivity contribution in [2.45, 2.75) is 80.8 Å². The number of hydrogen-bond donors (Lipinski definition) is 2. The number of ether oxygens (including phenoxy) is 1. The summed E-state index contributed by atoms with van der Waals surface area (Å²) in [5, 5.41) is 11.5. The number of carbonyl (C=O) groups is 1. The average molecular weight is 713 g/mol. The number of anilines is 1. The number of esters is 1. The zero-order valence-electron chi connectivity index (χ0n) is 28.7. The van der Waals surface area contributed by atoms with Gasteiger partial charge in [0.15, 0.2) is 5.65 Å². The molecule has 256 valence electrons. The van der Waals surface area contributed by atoms with Crippen LogP contribution < -0.4 is 16.5 Å². The lowest BCUT2D eigenvalue weighted by Gasteiger charge is -2.50. The van der Waals surface area contributed by atoms with Crippen LogP contribution >= 0.6 is 34.8 Å². The molecule has 2 atom stereocenters. The van der Waals surface area contributed by atoms with E-state index >= 15 is 0 Å². The van der Waals surface area contributed by atoms with Crippen molar-refractivity contribution in [3.05, 3.63) is 89.9 Å². The molecule has 10 heteroatoms. The van der Waals surface area contributed by atoms with Crippen LogP contribution in [-0.4, -0.2) is 26.6 Å². The van der Waals surface area contributed by atoms with Gasteiger partial charge in [-0.05, 0) is 59.8 Å². The Bertz CT molecular complexity index is 1970. The first-order valence-corrected chi connectivity index (χ1v) is 17.4. The first-order valence-electron chi connectivity index (χ1n) is 16.3. The van der Waals surface area contributed by atoms with E-state index < -0.39 is 17.6 Å². The van der Waals surface area contributed by atoms with E-state index in [1.54, 1.807) is 18.2 Å². The summed E-state index contributed by atoms with van der Waals surface area (Å²) in [7, 11) is 0. The third kappa shape index (κ3) is 6.92. The maximum absolute atomic E-state index is 14.6. The smallest absolute Gasteiger partial charge is 0.342 e. The van der Waals surface area contributed by atoms with Gasteiger partial charge in [-0.2, -0.15) is 0 Å². The molecule has 2 aromatic heterocycles. The fraction of sp³-hybridized carbons (Fsp3) is 0.447. The van der Waals surface area contributed by atoms with Gasteiger partial charge in [0.1, 0.15) is 33.6 Å². The Morgan fingerprint density at radius 3 is 2.10 bits per heavy atom. The van der Waals surface area contributed by atoms with Crippen LogP contribution in [0.4, 0.5) is 5.82 Å². The Labute approximate surface area is 297 Å². The van der Waals surface area contributed by atoms with Crippen LogP contribution in [0.3, 0.4) is 0 Å². The molecule has 1 aliphatic rings. The molecule has 3 N–H and O–H groups in total. The van der Waals surface area contributed by atoms with Gasteiger partial charge >= 0.3 is 5.97 Å². The zero-order chi connectivity index (χ0) is 35.5. The van der Waals surface area contributed by atoms with E-state index in [1.165, 1.54) is 0 Å². The summed E-state index contributed by atoms with van der Waals surface area (Å²) in [5.74, 6) is -0.571. The predicted molar refractivity (Wildman–Crippen MR) is 196 cm³/mol. The molecular formula is C38H44Cl3N3O4. The standard InChI is InChI=1S/C38H44Cl3N3O4/c1-19-9-11-21(12-10-19)17-27(45)29-33(42)43-34-30(28(32(41)44(34)35(29)46)22-13-14-25(39)26(40)18-22)36(47)48-31-23(37(3,4)5)15-20(2)16-24(31)38(6,7)8/h9-14,18,20,23-24,31,45H,15-17H2,1-8H3,(H2,42,43). The minimum Gasteiger partial charge on any atom is -0.511 e. The molecule has 0 spiro atoms. The fourth-order valence-corrected chi connectivity index (χ4v) is 7.79. The number of fused-ring (bicyclic) bond motifs is 1. The van der Waals surface area contributed by atoms with Crippen molar-refractivity contribution >= 4 is 58.0 Å². The van der Waals surface area contributed by atoms with E-state index in [2.05, 4.69) is 53.5 Å². The highest BCUT2D eigenvalue weighted by atomic mass is 35.5. The second kappa shape index (κ2) is 13.2. The van der Waals surface area contributed by atoms with Gasteiger partial charge in [-0.25, -0.2) is 14.2 Å². The Hall–Kier alpha value is -3.26. The molecule has 0 radical (unpaired) electrons. The van der Waals surface area contributed by atoms with Gasteiger partial charge in [0.2, 0.25) is 0 Å². The Kier molecular flexibility index (Phi) is 9.92. The summed E-state index contributed by atoms with van der Waals surface area (Å²) < 4.78 is 7.69. The minimum atomic E-state index is -0.709. The van der Waals surface area contributed by atoms with Gasteiger partial charge in [0.05, 0.1) is 10.0 Å². The summed E-state index contributed by atoms with van der Waals surface area (Å²) in [6.45, 7) is 17.3. The quantitative estimate of drug-likeness (QED) is 0.200. The van der Waals surface area contributed by atoms with Crippen LogP contribution in [0.15, 0.2) is 47.3 Å². The molecule has 5 rings (SSSR count). The molecule has 2 aromatic carbocycles. The number of nitrogens with two attached hydrogens (primary N) is 1. The van der Waals surface area contributed by atoms with Crippen molar-refractivity contribution in [2.75, 3.05) is 5.73 Å². The maximum Gasteiger partial charge on any atom is 0.342 e. The molecule has 0 amide bonds. The van der Waals surface area contributed by atoms with E-state index in [-0.39, 0.29) is 72.8 Å². The number of rotatable bonds is 5. The minimum absolute atomic E-state index is 0.00861. The van der Waals surface area contributed by atoms with Crippen molar-refractivity contribution in [3.63, 3.8) is 0 Å². The Morgan fingerprint density at radius 1 is 0.979 bits per heavy atom. The van der Waals surface area contributed by atoms with Crippen molar-refractivity contribution in [3.8, 4) is 11.1 Å². The lowest BCUT2D eigenvalue weighted by atomic mass is 9.59. The number of aliphatic hydroxyl groups excluding tert-OH is 1. The molecule has 7 nitrogen and oxygen atoms in total. The molecule has 1 saturated carbocycles. The van der Waals surface area contributed by atoms with E-state index in [0.717, 1.165) is 28.4 Å². The molecule has 0 aliphatic heterocycles. The van der Waals surface area contributed by atoms with E-state index in [0.29, 0.717) is 16.5 Å². The summed E-state index contributed by atoms with van der Waals surface area (Å²) in [5.41, 5.74) is 7.80. The number of aryl methyl sites for hydroxylation is 1. The molecule has 0 saturated heterocycles. The molecular weight excluding hydrogens is 669 g/mol. The largest absolute Gasteiger partial charge is 0.511 e. The van der Waals surface area contributed by atoms with Gasteiger partial charge in [-0.3, -0.25) is 4.79 Å². The van der Waals surface area contributed by atoms with Gasteiger partial charge in [-0.1, -0.05) is 119 Å². The van der Waals surface area contributed by atoms with Crippen LogP contribution in [0.25, 0.3) is 22.5 Å². The van der Waals surface area contributed by atoms with Crippen molar-refractivity contribution in [2.24, 2.45) is 28.6 Å². The Morgan fingerprint density at radius 2 is 1.56 bits per heavy atom. The molecule has 1 fully saturated rings. The highest BCUT2D eigenvalue weighted by molar-refractivity contribution is 6.42. The van der Waals surface area contributed by atoms with Crippen molar-refractivity contribution in [1.82, 2.24) is 9.38 Å². The predicted octanol–water partition coefficient (Wildman–Crippen LogP) is 9.12. The van der Waals surface area contributed by atoms with Gasteiger partial charge in [0, 0.05) is 23.8 Å². The third-order valence-corrected chi connectivity index (χ3v) is 10.9. The first kappa shape index (κ1) is 36.0. The fourth-order valence-electron chi connectivity index (χ4n) is 7.13. The van der Waals surface area contributed by atoms with Gasteiger partial charge < -0.3 is 15.6 Å². The number of aliphatic hydroxyl groups is 1. The Balaban J connectivity index is 1.75. The molecule has 2 heterocycles. The van der Waals surface area contributed by atoms with Gasteiger partial charge in [0.25, 0.3) is 5.56 Å². The number of hydrogen-bond acceptors (Lipinski definition) is 6. The van der Waals surface area contributed by atoms with E-state index in [4.69, 9.17) is 45.3 Å². The zero-order valence-corrected chi connectivity index (χ0v) is 31.0. The second-order valence-corrected chi connectivity index (χ2v) is 16.7. The summed E-state index contributed by atoms with van der Waals surface area (Å²) in [6, 6.07) is 12.4. The van der Waals surface area contributed by atoms with Crippen molar-refractivity contribution < 1.29 is 14.6 Å². The highest BCUT2D eigenvalue weighted by Gasteiger charge is 2.48. The number of halogens is 3. The lowest BCUT2D eigenvalue weighted by molar-refractivity contribution is -0.0922. The second-order valence-electron chi connectivity index (χ2n) is 15.5. The molecule has 1 aliphatic carbocycles. The average Bonchev–Trinajstić information content (AvgIpc) is 3.27. The third-order valence-electron chi connectivity index (χ3n) is 9.75. The van der Waals surface area contributed by atoms with Crippen molar-refractivity contribution in [1.29, 1.82) is 0 Å². The normalized spacial score (nSPS) is 21.0. The topological polar surface area (TPSA) is 107 Å². The summed E-state index contributed by atoms with van der Waals surface area (Å²) in [4.78, 5) is 33.3. The van der Waals surface area contributed by atoms with Gasteiger partial charge in [-0.15, -0.1) is 0 Å². The summed E-state index contributed by atoms with van der Waals surface area (Å²) in [6.07, 6.45) is 1.43. The number of nitrogens with zero attached hydrogens (tertiary/aromatic N) is 2. The number of carbonyl (C=O) groups excluding carboxylic acids is 1. The van der Waals surface area contributed by atoms with Crippen LogP contribution in [-0.2, 0) is 11.2 Å². The molecule has 4 aromatic rings. The monoisotopic (exact) mass is 711 g/mol. The maximum atomic E-state index is 14.6. The molecule has 48 heavy (non-hydrogen) atoms. The number of benzene rings is 2. The number of nitrogen functional groups attached to an aromatic ring is 1. The van der Waals surface area contributed by atoms with E-state index in [1.807, 2.05) is 31.2 Å². The van der Waals surface area contributed by atoms with E-state index in [9.17, 15) is 14.7 Å². The summed E-state index contributed by atoms with van der Waals surface area (Å²) >= 11 is 19.7. The van der Waals surface area contributed by atoms with Crippen LogP contribution in [0.2, 0.25) is 15.2 Å². The first-order chi connectivity index (χ1) is 22.3.